The maximum atomic E-state index is 13.8. The molecule has 23 heavy (non-hydrogen) atoms. The number of aromatic nitrogens is 2. The normalized spacial score (nSPS) is 18.7. The standard InChI is InChI=1S/C16H17F2N3O2/c17-12-6-4-5-11(15(12)18)9-14(22)21-8-3-1-2-7-13(21)16-19-10-23-20-16/h4-6,10,13H,1-3,7-9H2/t13-/m0/s1. The molecule has 1 aromatic heterocycles. The highest BCUT2D eigenvalue weighted by Crippen LogP contribution is 2.28. The molecule has 1 aromatic carbocycles. The van der Waals surface area contributed by atoms with Gasteiger partial charge >= 0.3 is 0 Å². The van der Waals surface area contributed by atoms with Gasteiger partial charge in [0.05, 0.1) is 12.5 Å². The molecule has 1 aliphatic heterocycles. The first-order valence-electron chi connectivity index (χ1n) is 7.65. The summed E-state index contributed by atoms with van der Waals surface area (Å²) in [6.07, 6.45) is 4.61. The maximum Gasteiger partial charge on any atom is 0.227 e. The molecule has 1 saturated heterocycles. The second kappa shape index (κ2) is 6.85. The first-order chi connectivity index (χ1) is 11.2. The minimum atomic E-state index is -0.966. The number of carbonyl (C=O) groups excluding carboxylic acids is 1. The summed E-state index contributed by atoms with van der Waals surface area (Å²) in [5, 5.41) is 3.84. The molecule has 0 radical (unpaired) electrons. The van der Waals surface area contributed by atoms with Gasteiger partial charge in [-0.25, -0.2) is 8.78 Å². The first kappa shape index (κ1) is 15.6. The van der Waals surface area contributed by atoms with Crippen LogP contribution in [0.3, 0.4) is 0 Å². The van der Waals surface area contributed by atoms with Crippen molar-refractivity contribution < 1.29 is 18.1 Å². The molecule has 2 heterocycles. The molecule has 2 aromatic rings. The third-order valence-corrected chi connectivity index (χ3v) is 4.12. The van der Waals surface area contributed by atoms with Gasteiger partial charge in [0, 0.05) is 12.1 Å². The van der Waals surface area contributed by atoms with E-state index < -0.39 is 11.6 Å². The topological polar surface area (TPSA) is 59.2 Å². The Balaban J connectivity index is 1.82. The average Bonchev–Trinajstić information content (AvgIpc) is 2.96. The second-order valence-corrected chi connectivity index (χ2v) is 5.63. The molecule has 7 heteroatoms. The summed E-state index contributed by atoms with van der Waals surface area (Å²) in [6, 6.07) is 3.59. The van der Waals surface area contributed by atoms with E-state index in [9.17, 15) is 13.6 Å². The van der Waals surface area contributed by atoms with E-state index in [2.05, 4.69) is 10.1 Å². The van der Waals surface area contributed by atoms with Crippen LogP contribution in [0.2, 0.25) is 0 Å². The molecular weight excluding hydrogens is 304 g/mol. The monoisotopic (exact) mass is 321 g/mol. The minimum absolute atomic E-state index is 0.0612. The zero-order valence-electron chi connectivity index (χ0n) is 12.5. The number of likely N-dealkylation sites (tertiary alicyclic amines) is 1. The van der Waals surface area contributed by atoms with E-state index in [0.717, 1.165) is 31.7 Å². The van der Waals surface area contributed by atoms with Crippen LogP contribution in [0.5, 0.6) is 0 Å². The van der Waals surface area contributed by atoms with Crippen LogP contribution in [0, 0.1) is 11.6 Å². The number of rotatable bonds is 3. The molecule has 1 amide bonds. The van der Waals surface area contributed by atoms with Crippen LogP contribution in [0.1, 0.15) is 43.1 Å². The van der Waals surface area contributed by atoms with E-state index in [-0.39, 0.29) is 23.9 Å². The number of hydrogen-bond donors (Lipinski definition) is 0. The van der Waals surface area contributed by atoms with E-state index in [4.69, 9.17) is 4.52 Å². The van der Waals surface area contributed by atoms with Gasteiger partial charge in [0.1, 0.15) is 0 Å². The summed E-state index contributed by atoms with van der Waals surface area (Å²) in [7, 11) is 0. The van der Waals surface area contributed by atoms with Gasteiger partial charge in [-0.2, -0.15) is 4.98 Å². The van der Waals surface area contributed by atoms with E-state index in [0.29, 0.717) is 12.4 Å². The summed E-state index contributed by atoms with van der Waals surface area (Å²) in [5.74, 6) is -1.71. The molecule has 0 saturated carbocycles. The molecular formula is C16H17F2N3O2. The molecule has 5 nitrogen and oxygen atoms in total. The van der Waals surface area contributed by atoms with Gasteiger partial charge < -0.3 is 9.42 Å². The Morgan fingerprint density at radius 2 is 2.17 bits per heavy atom. The van der Waals surface area contributed by atoms with E-state index in [1.54, 1.807) is 4.90 Å². The summed E-state index contributed by atoms with van der Waals surface area (Å²) >= 11 is 0. The predicted molar refractivity (Wildman–Crippen MR) is 77.3 cm³/mol. The second-order valence-electron chi connectivity index (χ2n) is 5.63. The van der Waals surface area contributed by atoms with Gasteiger partial charge in [-0.05, 0) is 18.9 Å². The quantitative estimate of drug-likeness (QED) is 0.872. The summed E-state index contributed by atoms with van der Waals surface area (Å²) in [4.78, 5) is 18.3. The van der Waals surface area contributed by atoms with Crippen LogP contribution in [-0.2, 0) is 11.2 Å². The highest BCUT2D eigenvalue weighted by molar-refractivity contribution is 5.79. The van der Waals surface area contributed by atoms with E-state index in [1.165, 1.54) is 18.5 Å². The van der Waals surface area contributed by atoms with Gasteiger partial charge in [0.25, 0.3) is 0 Å². The molecule has 0 spiro atoms. The number of carbonyl (C=O) groups is 1. The first-order valence-corrected chi connectivity index (χ1v) is 7.65. The summed E-state index contributed by atoms with van der Waals surface area (Å²) in [6.45, 7) is 0.551. The average molecular weight is 321 g/mol. The zero-order valence-corrected chi connectivity index (χ0v) is 12.5. The largest absolute Gasteiger partial charge is 0.343 e. The third kappa shape index (κ3) is 3.38. The highest BCUT2D eigenvalue weighted by Gasteiger charge is 2.30. The van der Waals surface area contributed by atoms with Crippen molar-refractivity contribution in [2.24, 2.45) is 0 Å². The molecule has 0 aliphatic carbocycles. The fourth-order valence-electron chi connectivity index (χ4n) is 2.95. The van der Waals surface area contributed by atoms with Gasteiger partial charge in [-0.1, -0.05) is 30.1 Å². The molecule has 1 atom stereocenters. The van der Waals surface area contributed by atoms with Crippen LogP contribution in [0.25, 0.3) is 0 Å². The van der Waals surface area contributed by atoms with Crippen molar-refractivity contribution in [1.82, 2.24) is 15.0 Å². The Morgan fingerprint density at radius 1 is 1.30 bits per heavy atom. The predicted octanol–water partition coefficient (Wildman–Crippen LogP) is 3.03. The number of nitrogens with zero attached hydrogens (tertiary/aromatic N) is 3. The number of halogens is 2. The van der Waals surface area contributed by atoms with Gasteiger partial charge in [0.15, 0.2) is 17.5 Å². The Hall–Kier alpha value is -2.31. The molecule has 0 N–H and O–H groups in total. The van der Waals surface area contributed by atoms with Crippen molar-refractivity contribution in [3.05, 3.63) is 47.6 Å². The van der Waals surface area contributed by atoms with Gasteiger partial charge in [0.2, 0.25) is 12.3 Å². The van der Waals surface area contributed by atoms with Crippen molar-refractivity contribution in [3.8, 4) is 0 Å². The fraction of sp³-hybridized carbons (Fsp3) is 0.438. The molecule has 1 aliphatic rings. The highest BCUT2D eigenvalue weighted by atomic mass is 19.2. The van der Waals surface area contributed by atoms with Crippen LogP contribution >= 0.6 is 0 Å². The fourth-order valence-corrected chi connectivity index (χ4v) is 2.95. The van der Waals surface area contributed by atoms with Crippen molar-refractivity contribution >= 4 is 5.91 Å². The smallest absolute Gasteiger partial charge is 0.227 e. The molecule has 3 rings (SSSR count). The number of benzene rings is 1. The Morgan fingerprint density at radius 3 is 2.96 bits per heavy atom. The van der Waals surface area contributed by atoms with E-state index in [1.807, 2.05) is 0 Å². The number of amides is 1. The lowest BCUT2D eigenvalue weighted by Gasteiger charge is -2.28. The van der Waals surface area contributed by atoms with E-state index >= 15 is 0 Å². The lowest BCUT2D eigenvalue weighted by atomic mass is 10.1. The van der Waals surface area contributed by atoms with Gasteiger partial charge in [-0.3, -0.25) is 4.79 Å². The van der Waals surface area contributed by atoms with Crippen molar-refractivity contribution in [2.45, 2.75) is 38.1 Å². The Labute approximate surface area is 132 Å². The lowest BCUT2D eigenvalue weighted by Crippen LogP contribution is -2.36. The van der Waals surface area contributed by atoms with Crippen molar-refractivity contribution in [2.75, 3.05) is 6.54 Å². The van der Waals surface area contributed by atoms with Crippen LogP contribution in [0.4, 0.5) is 8.78 Å². The lowest BCUT2D eigenvalue weighted by molar-refractivity contribution is -0.133. The van der Waals surface area contributed by atoms with Gasteiger partial charge in [-0.15, -0.1) is 0 Å². The van der Waals surface area contributed by atoms with Crippen LogP contribution in [0.15, 0.2) is 29.1 Å². The molecule has 1 fully saturated rings. The molecule has 122 valence electrons. The van der Waals surface area contributed by atoms with Crippen LogP contribution < -0.4 is 0 Å². The van der Waals surface area contributed by atoms with Crippen molar-refractivity contribution in [1.29, 1.82) is 0 Å². The minimum Gasteiger partial charge on any atom is -0.343 e. The third-order valence-electron chi connectivity index (χ3n) is 4.12. The molecule has 0 bridgehead atoms. The summed E-state index contributed by atoms with van der Waals surface area (Å²) in [5.41, 5.74) is 0.0612. The Bertz CT molecular complexity index is 676. The Kier molecular flexibility index (Phi) is 4.64. The van der Waals surface area contributed by atoms with Crippen molar-refractivity contribution in [3.63, 3.8) is 0 Å². The SMILES string of the molecule is O=C(Cc1cccc(F)c1F)N1CCCCC[C@H]1c1ncon1. The van der Waals surface area contributed by atoms with Crippen LogP contribution in [-0.4, -0.2) is 27.5 Å². The molecule has 0 unspecified atom stereocenters. The summed E-state index contributed by atoms with van der Waals surface area (Å²) < 4.78 is 31.9. The maximum absolute atomic E-state index is 13.8. The zero-order chi connectivity index (χ0) is 16.2. The number of hydrogen-bond acceptors (Lipinski definition) is 4.